The van der Waals surface area contributed by atoms with Crippen LogP contribution < -0.4 is 10.2 Å². The van der Waals surface area contributed by atoms with Crippen molar-refractivity contribution >= 4 is 23.6 Å². The van der Waals surface area contributed by atoms with Gasteiger partial charge in [0.15, 0.2) is 5.16 Å². The maximum absolute atomic E-state index is 12.4. The quantitative estimate of drug-likeness (QED) is 0.538. The largest absolute Gasteiger partial charge is 0.467 e. The SMILES string of the molecule is CC1CC(C)CN(c2nnc(SCC(=O)NCc3ccccn3)n2Cc2ccco2)C1. The average Bonchev–Trinajstić information content (AvgIpc) is 3.41. The van der Waals surface area contributed by atoms with E-state index in [0.717, 1.165) is 30.5 Å². The summed E-state index contributed by atoms with van der Waals surface area (Å²) in [6.45, 7) is 7.40. The molecule has 31 heavy (non-hydrogen) atoms. The van der Waals surface area contributed by atoms with E-state index >= 15 is 0 Å². The molecule has 8 nitrogen and oxygen atoms in total. The Balaban J connectivity index is 1.45. The van der Waals surface area contributed by atoms with Crippen LogP contribution in [-0.2, 0) is 17.9 Å². The summed E-state index contributed by atoms with van der Waals surface area (Å²) in [7, 11) is 0. The topological polar surface area (TPSA) is 89.1 Å². The van der Waals surface area contributed by atoms with E-state index in [1.54, 1.807) is 12.5 Å². The molecule has 164 valence electrons. The number of amides is 1. The molecule has 1 aliphatic rings. The normalized spacial score (nSPS) is 18.8. The van der Waals surface area contributed by atoms with Crippen molar-refractivity contribution in [1.29, 1.82) is 0 Å². The van der Waals surface area contributed by atoms with Crippen LogP contribution in [0.3, 0.4) is 0 Å². The Morgan fingerprint density at radius 3 is 2.74 bits per heavy atom. The minimum atomic E-state index is -0.0648. The lowest BCUT2D eigenvalue weighted by Gasteiger charge is -2.35. The van der Waals surface area contributed by atoms with Gasteiger partial charge in [-0.25, -0.2) is 0 Å². The molecule has 1 fully saturated rings. The lowest BCUT2D eigenvalue weighted by atomic mass is 9.92. The maximum Gasteiger partial charge on any atom is 0.230 e. The third kappa shape index (κ3) is 5.66. The Morgan fingerprint density at radius 1 is 1.19 bits per heavy atom. The van der Waals surface area contributed by atoms with Gasteiger partial charge in [0, 0.05) is 19.3 Å². The van der Waals surface area contributed by atoms with Crippen molar-refractivity contribution in [2.24, 2.45) is 11.8 Å². The van der Waals surface area contributed by atoms with E-state index in [-0.39, 0.29) is 11.7 Å². The Labute approximate surface area is 186 Å². The highest BCUT2D eigenvalue weighted by atomic mass is 32.2. The van der Waals surface area contributed by atoms with Crippen LogP contribution in [0.1, 0.15) is 31.7 Å². The van der Waals surface area contributed by atoms with Crippen molar-refractivity contribution in [3.05, 3.63) is 54.2 Å². The Hall–Kier alpha value is -2.81. The first-order chi connectivity index (χ1) is 15.1. The van der Waals surface area contributed by atoms with Gasteiger partial charge in [0.1, 0.15) is 5.76 Å². The lowest BCUT2D eigenvalue weighted by molar-refractivity contribution is -0.118. The molecular formula is C22H28N6O2S. The van der Waals surface area contributed by atoms with Crippen LogP contribution in [0.4, 0.5) is 5.95 Å². The van der Waals surface area contributed by atoms with Gasteiger partial charge in [0.05, 0.1) is 30.8 Å². The molecule has 4 rings (SSSR count). The maximum atomic E-state index is 12.4. The predicted octanol–water partition coefficient (Wildman–Crippen LogP) is 3.21. The second-order valence-electron chi connectivity index (χ2n) is 8.19. The van der Waals surface area contributed by atoms with Gasteiger partial charge in [-0.2, -0.15) is 0 Å². The highest BCUT2D eigenvalue weighted by Crippen LogP contribution is 2.29. The van der Waals surface area contributed by atoms with Crippen LogP contribution in [0, 0.1) is 11.8 Å². The van der Waals surface area contributed by atoms with E-state index in [0.29, 0.717) is 30.1 Å². The van der Waals surface area contributed by atoms with Crippen molar-refractivity contribution in [1.82, 2.24) is 25.1 Å². The van der Waals surface area contributed by atoms with Gasteiger partial charge in [-0.1, -0.05) is 31.7 Å². The number of rotatable bonds is 8. The van der Waals surface area contributed by atoms with Gasteiger partial charge in [-0.15, -0.1) is 10.2 Å². The number of nitrogens with one attached hydrogen (secondary N) is 1. The first-order valence-electron chi connectivity index (χ1n) is 10.6. The van der Waals surface area contributed by atoms with Crippen LogP contribution in [0.25, 0.3) is 0 Å². The molecule has 2 unspecified atom stereocenters. The van der Waals surface area contributed by atoms with Crippen molar-refractivity contribution < 1.29 is 9.21 Å². The summed E-state index contributed by atoms with van der Waals surface area (Å²) in [5.74, 6) is 3.07. The number of pyridine rings is 1. The van der Waals surface area contributed by atoms with Crippen LogP contribution in [0.5, 0.6) is 0 Å². The number of furan rings is 1. The number of nitrogens with zero attached hydrogens (tertiary/aromatic N) is 5. The highest BCUT2D eigenvalue weighted by Gasteiger charge is 2.27. The summed E-state index contributed by atoms with van der Waals surface area (Å²) in [5, 5.41) is 12.5. The lowest BCUT2D eigenvalue weighted by Crippen LogP contribution is -2.40. The van der Waals surface area contributed by atoms with E-state index in [2.05, 4.69) is 43.8 Å². The van der Waals surface area contributed by atoms with Crippen LogP contribution in [-0.4, -0.2) is 44.5 Å². The second kappa shape index (κ2) is 10.00. The van der Waals surface area contributed by atoms with E-state index in [1.807, 2.05) is 30.3 Å². The van der Waals surface area contributed by atoms with Gasteiger partial charge in [-0.05, 0) is 42.5 Å². The number of anilines is 1. The number of hydrogen-bond donors (Lipinski definition) is 1. The molecule has 0 spiro atoms. The molecule has 0 bridgehead atoms. The molecule has 3 aromatic rings. The molecule has 1 aliphatic heterocycles. The zero-order valence-corrected chi connectivity index (χ0v) is 18.7. The van der Waals surface area contributed by atoms with Crippen LogP contribution >= 0.6 is 11.8 Å². The summed E-state index contributed by atoms with van der Waals surface area (Å²) in [6.07, 6.45) is 4.61. The Morgan fingerprint density at radius 2 is 2.03 bits per heavy atom. The molecule has 0 saturated carbocycles. The fraction of sp³-hybridized carbons (Fsp3) is 0.455. The fourth-order valence-corrected chi connectivity index (χ4v) is 4.78. The number of thioether (sulfide) groups is 1. The van der Waals surface area contributed by atoms with Gasteiger partial charge in [0.2, 0.25) is 11.9 Å². The third-order valence-corrected chi connectivity index (χ3v) is 6.24. The number of piperidine rings is 1. The monoisotopic (exact) mass is 440 g/mol. The number of aromatic nitrogens is 4. The van der Waals surface area contributed by atoms with E-state index in [9.17, 15) is 4.79 Å². The van der Waals surface area contributed by atoms with Crippen LogP contribution in [0.2, 0.25) is 0 Å². The molecule has 1 N–H and O–H groups in total. The Kier molecular flexibility index (Phi) is 6.91. The minimum Gasteiger partial charge on any atom is -0.467 e. The molecular weight excluding hydrogens is 412 g/mol. The summed E-state index contributed by atoms with van der Waals surface area (Å²) in [4.78, 5) is 18.9. The van der Waals surface area contributed by atoms with Crippen molar-refractivity contribution in [2.75, 3.05) is 23.7 Å². The van der Waals surface area contributed by atoms with Crippen LogP contribution in [0.15, 0.2) is 52.4 Å². The van der Waals surface area contributed by atoms with Crippen molar-refractivity contribution in [3.8, 4) is 0 Å². The average molecular weight is 441 g/mol. The van der Waals surface area contributed by atoms with Gasteiger partial charge < -0.3 is 14.6 Å². The zero-order chi connectivity index (χ0) is 21.6. The number of carbonyl (C=O) groups excluding carboxylic acids is 1. The third-order valence-electron chi connectivity index (χ3n) is 5.27. The van der Waals surface area contributed by atoms with Gasteiger partial charge >= 0.3 is 0 Å². The van der Waals surface area contributed by atoms with Crippen molar-refractivity contribution in [2.45, 2.75) is 38.5 Å². The molecule has 3 aromatic heterocycles. The smallest absolute Gasteiger partial charge is 0.230 e. The van der Waals surface area contributed by atoms with E-state index < -0.39 is 0 Å². The summed E-state index contributed by atoms with van der Waals surface area (Å²) in [6, 6.07) is 9.47. The van der Waals surface area contributed by atoms with E-state index in [1.165, 1.54) is 18.2 Å². The summed E-state index contributed by atoms with van der Waals surface area (Å²) >= 11 is 1.39. The molecule has 1 amide bonds. The Bertz CT molecular complexity index is 965. The second-order valence-corrected chi connectivity index (χ2v) is 9.13. The molecule has 2 atom stereocenters. The van der Waals surface area contributed by atoms with E-state index in [4.69, 9.17) is 4.42 Å². The van der Waals surface area contributed by atoms with Gasteiger partial charge in [-0.3, -0.25) is 14.3 Å². The number of carbonyl (C=O) groups is 1. The number of hydrogen-bond acceptors (Lipinski definition) is 7. The summed E-state index contributed by atoms with van der Waals surface area (Å²) < 4.78 is 7.63. The zero-order valence-electron chi connectivity index (χ0n) is 17.9. The molecule has 9 heteroatoms. The molecule has 0 aliphatic carbocycles. The van der Waals surface area contributed by atoms with Crippen molar-refractivity contribution in [3.63, 3.8) is 0 Å². The molecule has 4 heterocycles. The summed E-state index contributed by atoms with van der Waals surface area (Å²) in [5.41, 5.74) is 0.831. The minimum absolute atomic E-state index is 0.0648. The fourth-order valence-electron chi connectivity index (χ4n) is 4.02. The highest BCUT2D eigenvalue weighted by molar-refractivity contribution is 7.99. The first kappa shape index (κ1) is 21.4. The first-order valence-corrected chi connectivity index (χ1v) is 11.6. The predicted molar refractivity (Wildman–Crippen MR) is 120 cm³/mol. The molecule has 0 radical (unpaired) electrons. The molecule has 1 saturated heterocycles. The molecule has 0 aromatic carbocycles. The standard InChI is InChI=1S/C22H28N6O2S/c1-16-10-17(2)13-27(12-16)21-25-26-22(28(21)14-19-7-5-9-30-19)31-15-20(29)24-11-18-6-3-4-8-23-18/h3-9,16-17H,10-15H2,1-2H3,(H,24,29). The van der Waals surface area contributed by atoms with Gasteiger partial charge in [0.25, 0.3) is 0 Å².